The number of benzene rings is 1. The highest BCUT2D eigenvalue weighted by atomic mass is 32.2. The summed E-state index contributed by atoms with van der Waals surface area (Å²) in [5.41, 5.74) is 1.03. The van der Waals surface area contributed by atoms with Gasteiger partial charge >= 0.3 is 0 Å². The first-order chi connectivity index (χ1) is 11.6. The van der Waals surface area contributed by atoms with E-state index in [1.807, 2.05) is 24.3 Å². The zero-order valence-corrected chi connectivity index (χ0v) is 16.1. The lowest BCUT2D eigenvalue weighted by Crippen LogP contribution is -2.31. The molecule has 1 atom stereocenters. The van der Waals surface area contributed by atoms with Gasteiger partial charge in [-0.15, -0.1) is 22.7 Å². The molecule has 6 heteroatoms. The second-order valence-electron chi connectivity index (χ2n) is 5.85. The lowest BCUT2D eigenvalue weighted by atomic mass is 10.0. The lowest BCUT2D eigenvalue weighted by molar-refractivity contribution is -0.121. The van der Waals surface area contributed by atoms with Crippen LogP contribution < -0.4 is 5.32 Å². The minimum Gasteiger partial charge on any atom is -0.348 e. The van der Waals surface area contributed by atoms with Gasteiger partial charge in [0.25, 0.3) is 0 Å². The van der Waals surface area contributed by atoms with Gasteiger partial charge in [0.2, 0.25) is 5.91 Å². The Balaban J connectivity index is 1.51. The Morgan fingerprint density at radius 3 is 2.79 bits per heavy atom. The predicted molar refractivity (Wildman–Crippen MR) is 105 cm³/mol. The zero-order valence-electron chi connectivity index (χ0n) is 13.7. The molecule has 0 aliphatic carbocycles. The van der Waals surface area contributed by atoms with Crippen LogP contribution in [0.15, 0.2) is 46.1 Å². The number of para-hydroxylation sites is 1. The summed E-state index contributed by atoms with van der Waals surface area (Å²) in [4.78, 5) is 18.1. The van der Waals surface area contributed by atoms with E-state index in [2.05, 4.69) is 41.7 Å². The lowest BCUT2D eigenvalue weighted by Gasteiger charge is -2.21. The van der Waals surface area contributed by atoms with Gasteiger partial charge in [0, 0.05) is 17.1 Å². The smallest absolute Gasteiger partial charge is 0.221 e. The topological polar surface area (TPSA) is 42.0 Å². The molecule has 1 amide bonds. The molecule has 3 aromatic rings. The quantitative estimate of drug-likeness (QED) is 0.565. The predicted octanol–water partition coefficient (Wildman–Crippen LogP) is 5.35. The molecule has 0 spiro atoms. The first-order valence-electron chi connectivity index (χ1n) is 7.94. The standard InChI is InChI=1S/C18H20N2OS3/c1-12(2)17(15-8-5-10-22-15)20-16(21)9-11-23-18-19-13-6-3-4-7-14(13)24-18/h3-8,10,12,17H,9,11H2,1-2H3,(H,20,21)/t17-/m1/s1. The van der Waals surface area contributed by atoms with E-state index in [9.17, 15) is 4.79 Å². The highest BCUT2D eigenvalue weighted by Gasteiger charge is 2.19. The first kappa shape index (κ1) is 17.5. The van der Waals surface area contributed by atoms with Gasteiger partial charge in [0.05, 0.1) is 16.3 Å². The Morgan fingerprint density at radius 2 is 2.08 bits per heavy atom. The van der Waals surface area contributed by atoms with E-state index in [1.54, 1.807) is 34.4 Å². The second kappa shape index (κ2) is 8.14. The fourth-order valence-electron chi connectivity index (χ4n) is 2.42. The summed E-state index contributed by atoms with van der Waals surface area (Å²) < 4.78 is 2.23. The molecule has 0 aliphatic heterocycles. The minimum absolute atomic E-state index is 0.102. The number of aromatic nitrogens is 1. The van der Waals surface area contributed by atoms with Crippen molar-refractivity contribution in [3.8, 4) is 0 Å². The van der Waals surface area contributed by atoms with Crippen LogP contribution in [0.25, 0.3) is 10.2 Å². The van der Waals surface area contributed by atoms with Gasteiger partial charge in [-0.3, -0.25) is 4.79 Å². The van der Waals surface area contributed by atoms with Crippen molar-refractivity contribution in [3.63, 3.8) is 0 Å². The normalized spacial score (nSPS) is 12.6. The van der Waals surface area contributed by atoms with Gasteiger partial charge in [-0.2, -0.15) is 0 Å². The second-order valence-corrected chi connectivity index (χ2v) is 9.20. The molecule has 0 aliphatic rings. The van der Waals surface area contributed by atoms with Crippen LogP contribution in [0.1, 0.15) is 31.2 Å². The van der Waals surface area contributed by atoms with Crippen LogP contribution in [0.2, 0.25) is 0 Å². The van der Waals surface area contributed by atoms with Crippen LogP contribution in [0.5, 0.6) is 0 Å². The molecular formula is C18H20N2OS3. The number of thiazole rings is 1. The maximum Gasteiger partial charge on any atom is 0.221 e. The van der Waals surface area contributed by atoms with Crippen LogP contribution in [0.4, 0.5) is 0 Å². The number of carbonyl (C=O) groups excluding carboxylic acids is 1. The van der Waals surface area contributed by atoms with E-state index in [0.29, 0.717) is 12.3 Å². The number of nitrogens with zero attached hydrogens (tertiary/aromatic N) is 1. The van der Waals surface area contributed by atoms with E-state index in [-0.39, 0.29) is 11.9 Å². The van der Waals surface area contributed by atoms with Crippen molar-refractivity contribution in [3.05, 3.63) is 46.7 Å². The molecule has 2 heterocycles. The van der Waals surface area contributed by atoms with Gasteiger partial charge in [0.1, 0.15) is 0 Å². The van der Waals surface area contributed by atoms with E-state index in [4.69, 9.17) is 0 Å². The van der Waals surface area contributed by atoms with Crippen LogP contribution in [-0.4, -0.2) is 16.6 Å². The molecule has 0 saturated carbocycles. The highest BCUT2D eigenvalue weighted by Crippen LogP contribution is 2.30. The van der Waals surface area contributed by atoms with Crippen LogP contribution in [0, 0.1) is 5.92 Å². The van der Waals surface area contributed by atoms with Crippen molar-refractivity contribution >= 4 is 50.6 Å². The number of hydrogen-bond donors (Lipinski definition) is 1. The monoisotopic (exact) mass is 376 g/mol. The number of amides is 1. The molecule has 3 nitrogen and oxygen atoms in total. The summed E-state index contributed by atoms with van der Waals surface area (Å²) >= 11 is 5.04. The van der Waals surface area contributed by atoms with Gasteiger partial charge in [-0.25, -0.2) is 4.98 Å². The third kappa shape index (κ3) is 4.37. The number of thiophene rings is 1. The minimum atomic E-state index is 0.102. The number of rotatable bonds is 7. The zero-order chi connectivity index (χ0) is 16.9. The largest absolute Gasteiger partial charge is 0.348 e. The third-order valence-corrected chi connectivity index (χ3v) is 6.80. The molecule has 0 unspecified atom stereocenters. The van der Waals surface area contributed by atoms with E-state index < -0.39 is 0 Å². The molecule has 24 heavy (non-hydrogen) atoms. The fourth-order valence-corrected chi connectivity index (χ4v) is 5.45. The molecule has 1 aromatic carbocycles. The van der Waals surface area contributed by atoms with Crippen LogP contribution in [-0.2, 0) is 4.79 Å². The van der Waals surface area contributed by atoms with Crippen LogP contribution >= 0.6 is 34.4 Å². The molecular weight excluding hydrogens is 356 g/mol. The molecule has 126 valence electrons. The Labute approximate surface area is 154 Å². The molecule has 0 bridgehead atoms. The van der Waals surface area contributed by atoms with Crippen molar-refractivity contribution in [2.24, 2.45) is 5.92 Å². The molecule has 0 saturated heterocycles. The summed E-state index contributed by atoms with van der Waals surface area (Å²) in [6.07, 6.45) is 0.509. The summed E-state index contributed by atoms with van der Waals surface area (Å²) in [6, 6.07) is 12.4. The summed E-state index contributed by atoms with van der Waals surface area (Å²) in [5, 5.41) is 5.23. The summed E-state index contributed by atoms with van der Waals surface area (Å²) in [5.74, 6) is 1.24. The first-order valence-corrected chi connectivity index (χ1v) is 10.6. The SMILES string of the molecule is CC(C)[C@@H](NC(=O)CCSc1nc2ccccc2s1)c1cccs1. The Bertz CT molecular complexity index is 763. The Kier molecular flexibility index (Phi) is 5.92. The fraction of sp³-hybridized carbons (Fsp3) is 0.333. The maximum atomic E-state index is 12.3. The van der Waals surface area contributed by atoms with E-state index in [1.165, 1.54) is 9.58 Å². The molecule has 2 aromatic heterocycles. The van der Waals surface area contributed by atoms with E-state index >= 15 is 0 Å². The van der Waals surface area contributed by atoms with E-state index in [0.717, 1.165) is 15.6 Å². The number of nitrogens with one attached hydrogen (secondary N) is 1. The number of carbonyl (C=O) groups is 1. The Hall–Kier alpha value is -1.37. The van der Waals surface area contributed by atoms with Gasteiger partial charge < -0.3 is 5.32 Å². The Morgan fingerprint density at radius 1 is 1.25 bits per heavy atom. The third-order valence-electron chi connectivity index (χ3n) is 3.66. The van der Waals surface area contributed by atoms with Gasteiger partial charge in [-0.05, 0) is 29.5 Å². The molecule has 3 rings (SSSR count). The summed E-state index contributed by atoms with van der Waals surface area (Å²) in [6.45, 7) is 4.28. The van der Waals surface area contributed by atoms with Crippen molar-refractivity contribution in [1.82, 2.24) is 10.3 Å². The van der Waals surface area contributed by atoms with Gasteiger partial charge in [0.15, 0.2) is 4.34 Å². The number of fused-ring (bicyclic) bond motifs is 1. The highest BCUT2D eigenvalue weighted by molar-refractivity contribution is 8.01. The number of hydrogen-bond acceptors (Lipinski definition) is 5. The number of thioether (sulfide) groups is 1. The van der Waals surface area contributed by atoms with Crippen molar-refractivity contribution in [1.29, 1.82) is 0 Å². The van der Waals surface area contributed by atoms with Crippen molar-refractivity contribution < 1.29 is 4.79 Å². The van der Waals surface area contributed by atoms with Gasteiger partial charge in [-0.1, -0.05) is 43.8 Å². The molecule has 0 fully saturated rings. The maximum absolute atomic E-state index is 12.3. The molecule has 1 N–H and O–H groups in total. The average Bonchev–Trinajstić information content (AvgIpc) is 3.21. The van der Waals surface area contributed by atoms with Crippen LogP contribution in [0.3, 0.4) is 0 Å². The summed E-state index contributed by atoms with van der Waals surface area (Å²) in [7, 11) is 0. The molecule has 0 radical (unpaired) electrons. The average molecular weight is 377 g/mol. The van der Waals surface area contributed by atoms with Crippen molar-refractivity contribution in [2.75, 3.05) is 5.75 Å². The van der Waals surface area contributed by atoms with Crippen molar-refractivity contribution in [2.45, 2.75) is 30.6 Å².